The minimum atomic E-state index is -1.79. The van der Waals surface area contributed by atoms with Crippen molar-refractivity contribution >= 4 is 33.1 Å². The van der Waals surface area contributed by atoms with Crippen LogP contribution in [0.3, 0.4) is 0 Å². The van der Waals surface area contributed by atoms with Gasteiger partial charge in [-0.15, -0.1) is 0 Å². The van der Waals surface area contributed by atoms with E-state index in [1.54, 1.807) is 8.87 Å². The van der Waals surface area contributed by atoms with E-state index >= 15 is 0 Å². The molecule has 20 heavy (non-hydrogen) atoms. The van der Waals surface area contributed by atoms with Gasteiger partial charge < -0.3 is 24.5 Å². The van der Waals surface area contributed by atoms with Crippen LogP contribution in [0.4, 0.5) is 0 Å². The summed E-state index contributed by atoms with van der Waals surface area (Å²) in [6.07, 6.45) is 5.12. The van der Waals surface area contributed by atoms with Crippen LogP contribution in [0.5, 0.6) is 0 Å². The average molecular weight is 393 g/mol. The zero-order chi connectivity index (χ0) is 16.0. The van der Waals surface area contributed by atoms with E-state index in [9.17, 15) is 19.8 Å². The van der Waals surface area contributed by atoms with Gasteiger partial charge in [0.1, 0.15) is 5.60 Å². The first-order valence-electron chi connectivity index (χ1n) is 7.01. The fourth-order valence-electron chi connectivity index (χ4n) is 1.23. The SMILES string of the molecule is CCC[CH2][Sn+2][CH2]CCC.COC(C)(CC(=O)[O-])C(=O)[O-]. The monoisotopic (exact) mass is 394 g/mol. The van der Waals surface area contributed by atoms with Crippen molar-refractivity contribution in [1.82, 2.24) is 0 Å². The van der Waals surface area contributed by atoms with Crippen LogP contribution in [-0.4, -0.2) is 45.8 Å². The topological polar surface area (TPSA) is 89.5 Å². The predicted octanol–water partition coefficient (Wildman–Crippen LogP) is 0.409. The van der Waals surface area contributed by atoms with Crippen molar-refractivity contribution in [2.45, 2.75) is 67.3 Å². The first-order valence-corrected chi connectivity index (χ1v) is 11.0. The van der Waals surface area contributed by atoms with E-state index in [-0.39, 0.29) is 21.1 Å². The molecule has 0 amide bonds. The molecule has 0 aromatic carbocycles. The number of unbranched alkanes of at least 4 members (excludes halogenated alkanes) is 2. The van der Waals surface area contributed by atoms with Gasteiger partial charge in [-0.05, 0) is 6.92 Å². The summed E-state index contributed by atoms with van der Waals surface area (Å²) in [5, 5.41) is 20.3. The van der Waals surface area contributed by atoms with E-state index in [4.69, 9.17) is 0 Å². The van der Waals surface area contributed by atoms with Crippen LogP contribution >= 0.6 is 0 Å². The van der Waals surface area contributed by atoms with Crippen LogP contribution < -0.4 is 10.2 Å². The quantitative estimate of drug-likeness (QED) is 0.396. The summed E-state index contributed by atoms with van der Waals surface area (Å²) < 4.78 is 7.68. The second kappa shape index (κ2) is 13.7. The van der Waals surface area contributed by atoms with E-state index in [0.717, 1.165) is 14.0 Å². The predicted molar refractivity (Wildman–Crippen MR) is 75.2 cm³/mol. The van der Waals surface area contributed by atoms with E-state index in [2.05, 4.69) is 18.6 Å². The van der Waals surface area contributed by atoms with Crippen molar-refractivity contribution in [2.24, 2.45) is 0 Å². The second-order valence-electron chi connectivity index (χ2n) is 4.73. The number of aliphatic carboxylic acids is 2. The summed E-state index contributed by atoms with van der Waals surface area (Å²) in [5.41, 5.74) is -1.79. The number of hydrogen-bond donors (Lipinski definition) is 0. The van der Waals surface area contributed by atoms with E-state index < -0.39 is 24.0 Å². The van der Waals surface area contributed by atoms with Crippen molar-refractivity contribution in [2.75, 3.05) is 7.11 Å². The number of rotatable bonds is 10. The fraction of sp³-hybridized carbons (Fsp3) is 0.857. The van der Waals surface area contributed by atoms with E-state index in [0.29, 0.717) is 0 Å². The van der Waals surface area contributed by atoms with Crippen molar-refractivity contribution in [3.8, 4) is 0 Å². The maximum atomic E-state index is 10.3. The second-order valence-corrected chi connectivity index (χ2v) is 9.01. The molecule has 0 fully saturated rings. The van der Waals surface area contributed by atoms with E-state index in [1.165, 1.54) is 25.7 Å². The molecular weight excluding hydrogens is 367 g/mol. The zero-order valence-electron chi connectivity index (χ0n) is 13.0. The molecule has 0 aromatic rings. The van der Waals surface area contributed by atoms with Crippen LogP contribution in [0.1, 0.15) is 52.9 Å². The van der Waals surface area contributed by atoms with Gasteiger partial charge >= 0.3 is 69.5 Å². The van der Waals surface area contributed by atoms with Crippen LogP contribution in [0.15, 0.2) is 0 Å². The first-order chi connectivity index (χ1) is 9.33. The molecule has 0 saturated carbocycles. The molecule has 0 heterocycles. The van der Waals surface area contributed by atoms with Gasteiger partial charge in [-0.25, -0.2) is 0 Å². The van der Waals surface area contributed by atoms with Crippen LogP contribution in [0, 0.1) is 0 Å². The fourth-order valence-corrected chi connectivity index (χ4v) is 5.39. The van der Waals surface area contributed by atoms with Crippen LogP contribution in [-0.2, 0) is 14.3 Å². The Morgan fingerprint density at radius 2 is 1.55 bits per heavy atom. The molecular formula is C14H26O5Sn. The maximum absolute atomic E-state index is 10.3. The summed E-state index contributed by atoms with van der Waals surface area (Å²) in [6.45, 7) is 5.69. The summed E-state index contributed by atoms with van der Waals surface area (Å²) in [4.78, 5) is 20.3. The van der Waals surface area contributed by atoms with Crippen molar-refractivity contribution in [1.29, 1.82) is 0 Å². The molecule has 5 nitrogen and oxygen atoms in total. The molecule has 0 aliphatic rings. The normalized spacial score (nSPS) is 12.6. The molecule has 0 saturated heterocycles. The first kappa shape index (κ1) is 22.0. The van der Waals surface area contributed by atoms with Gasteiger partial charge in [0.05, 0.1) is 5.97 Å². The molecule has 116 valence electrons. The van der Waals surface area contributed by atoms with Gasteiger partial charge in [0, 0.05) is 19.5 Å². The van der Waals surface area contributed by atoms with E-state index in [1.807, 2.05) is 0 Å². The average Bonchev–Trinajstić information content (AvgIpc) is 2.38. The number of carbonyl (C=O) groups excluding carboxylic acids is 2. The summed E-state index contributed by atoms with van der Waals surface area (Å²) in [7, 11) is 1.10. The molecule has 0 N–H and O–H groups in total. The Kier molecular flexibility index (Phi) is 15.0. The number of carboxylic acids is 2. The van der Waals surface area contributed by atoms with Gasteiger partial charge in [0.25, 0.3) is 0 Å². The van der Waals surface area contributed by atoms with Crippen molar-refractivity contribution < 1.29 is 24.5 Å². The third-order valence-corrected chi connectivity index (χ3v) is 6.81. The largest absolute Gasteiger partial charge is 0.550 e. The number of ether oxygens (including phenoxy) is 1. The van der Waals surface area contributed by atoms with Gasteiger partial charge in [0.2, 0.25) is 0 Å². The van der Waals surface area contributed by atoms with Crippen LogP contribution in [0.25, 0.3) is 0 Å². The Labute approximate surface area is 132 Å². The van der Waals surface area contributed by atoms with Crippen LogP contribution in [0.2, 0.25) is 8.87 Å². The molecule has 0 rings (SSSR count). The van der Waals surface area contributed by atoms with Crippen molar-refractivity contribution in [3.05, 3.63) is 0 Å². The van der Waals surface area contributed by atoms with Gasteiger partial charge in [-0.3, -0.25) is 0 Å². The Bertz CT molecular complexity index is 264. The minimum Gasteiger partial charge on any atom is -0.550 e. The van der Waals surface area contributed by atoms with Gasteiger partial charge in [-0.2, -0.15) is 0 Å². The molecule has 6 heteroatoms. The third kappa shape index (κ3) is 12.7. The Balaban J connectivity index is 0. The summed E-state index contributed by atoms with van der Waals surface area (Å²) in [5.74, 6) is -3.05. The van der Waals surface area contributed by atoms with Gasteiger partial charge in [0.15, 0.2) is 0 Å². The number of methoxy groups -OCH3 is 1. The molecule has 0 aliphatic carbocycles. The number of hydrogen-bond acceptors (Lipinski definition) is 5. The standard InChI is InChI=1S/C6H10O5.2C4H9.Sn/c1-6(11-2,5(9)10)3-4(7)8;2*1-3-4-2;/h3H2,1-2H3,(H,7,8)(H,9,10);2*1,3-4H2,2H3;/q;;;+2/p-2. The summed E-state index contributed by atoms with van der Waals surface area (Å²) in [6, 6.07) is 0. The molecule has 0 bridgehead atoms. The molecule has 1 unspecified atom stereocenters. The molecule has 1 atom stereocenters. The molecule has 0 spiro atoms. The number of carboxylic acid groups (broad SMARTS) is 2. The zero-order valence-corrected chi connectivity index (χ0v) is 15.8. The third-order valence-electron chi connectivity index (χ3n) is 2.78. The Morgan fingerprint density at radius 1 is 1.10 bits per heavy atom. The van der Waals surface area contributed by atoms with Gasteiger partial charge in [-0.1, -0.05) is 0 Å². The van der Waals surface area contributed by atoms with Crippen molar-refractivity contribution in [3.63, 3.8) is 0 Å². The molecule has 0 aromatic heterocycles. The minimum absolute atomic E-state index is 0.149. The maximum Gasteiger partial charge on any atom is 0.109 e. The summed E-state index contributed by atoms with van der Waals surface area (Å²) >= 11 is 0.149. The Morgan fingerprint density at radius 3 is 1.75 bits per heavy atom. The number of carbonyl (C=O) groups is 2. The smallest absolute Gasteiger partial charge is 0.109 e. The Hall–Kier alpha value is -0.301. The molecule has 0 aliphatic heterocycles. The molecule has 0 radical (unpaired) electrons.